The van der Waals surface area contributed by atoms with Crippen LogP contribution < -0.4 is 5.73 Å². The van der Waals surface area contributed by atoms with Crippen molar-refractivity contribution in [3.05, 3.63) is 46.8 Å². The van der Waals surface area contributed by atoms with Gasteiger partial charge < -0.3 is 15.4 Å². The quantitative estimate of drug-likeness (QED) is 0.836. The summed E-state index contributed by atoms with van der Waals surface area (Å²) in [5.74, 6) is 5.66. The van der Waals surface area contributed by atoms with Gasteiger partial charge in [0.25, 0.3) is 0 Å². The van der Waals surface area contributed by atoms with E-state index < -0.39 is 0 Å². The molecule has 1 aromatic carbocycles. The van der Waals surface area contributed by atoms with Gasteiger partial charge in [0.1, 0.15) is 5.82 Å². The number of piperidine rings is 1. The minimum absolute atomic E-state index is 0.177. The highest BCUT2D eigenvalue weighted by atomic mass is 19.1. The molecule has 2 rings (SSSR count). The summed E-state index contributed by atoms with van der Waals surface area (Å²) in [5, 5.41) is 0. The van der Waals surface area contributed by atoms with Crippen LogP contribution in [0.3, 0.4) is 0 Å². The fourth-order valence-electron chi connectivity index (χ4n) is 2.94. The van der Waals surface area contributed by atoms with Crippen molar-refractivity contribution in [2.75, 3.05) is 19.7 Å². The van der Waals surface area contributed by atoms with Crippen molar-refractivity contribution in [3.8, 4) is 11.8 Å². The lowest BCUT2D eigenvalue weighted by molar-refractivity contribution is 0.0862. The van der Waals surface area contributed by atoms with Gasteiger partial charge in [0.05, 0.1) is 6.61 Å². The molecule has 4 nitrogen and oxygen atoms in total. The summed E-state index contributed by atoms with van der Waals surface area (Å²) in [5.41, 5.74) is 7.89. The maximum absolute atomic E-state index is 13.5. The number of halogens is 1. The Morgan fingerprint density at radius 2 is 2.20 bits per heavy atom. The number of nitrogens with two attached hydrogens (primary N) is 1. The molecule has 5 heteroatoms. The first-order chi connectivity index (χ1) is 11.9. The number of likely N-dealkylation sites (tertiary alicyclic amines) is 1. The number of amides is 1. The number of carbonyl (C=O) groups is 1. The largest absolute Gasteiger partial charge is 0.450 e. The van der Waals surface area contributed by atoms with E-state index in [2.05, 4.69) is 25.7 Å². The Hall–Kier alpha value is -2.32. The van der Waals surface area contributed by atoms with E-state index in [9.17, 15) is 9.18 Å². The van der Waals surface area contributed by atoms with Crippen LogP contribution in [-0.4, -0.2) is 30.7 Å². The maximum atomic E-state index is 13.5. The second-order valence-corrected chi connectivity index (χ2v) is 6.75. The first-order valence-corrected chi connectivity index (χ1v) is 8.48. The van der Waals surface area contributed by atoms with Crippen LogP contribution in [0.2, 0.25) is 0 Å². The van der Waals surface area contributed by atoms with E-state index in [0.717, 1.165) is 12.0 Å². The Morgan fingerprint density at radius 1 is 1.44 bits per heavy atom. The first-order valence-electron chi connectivity index (χ1n) is 8.48. The number of ether oxygens (including phenoxy) is 1. The summed E-state index contributed by atoms with van der Waals surface area (Å²) in [7, 11) is 0. The van der Waals surface area contributed by atoms with E-state index in [4.69, 9.17) is 10.5 Å². The Labute approximate surface area is 148 Å². The summed E-state index contributed by atoms with van der Waals surface area (Å²) in [6.45, 7) is 7.84. The first kappa shape index (κ1) is 19.0. The number of hydrogen-bond donors (Lipinski definition) is 1. The lowest BCUT2D eigenvalue weighted by atomic mass is 9.79. The molecule has 2 N–H and O–H groups in total. The second-order valence-electron chi connectivity index (χ2n) is 6.75. The number of nitrogens with zero attached hydrogens (tertiary/aromatic N) is 1. The predicted molar refractivity (Wildman–Crippen MR) is 96.2 cm³/mol. The molecule has 1 amide bonds. The molecular formula is C20H25FN2O2. The Kier molecular flexibility index (Phi) is 6.22. The zero-order chi connectivity index (χ0) is 18.4. The zero-order valence-corrected chi connectivity index (χ0v) is 15.1. The summed E-state index contributed by atoms with van der Waals surface area (Å²) >= 11 is 0. The van der Waals surface area contributed by atoms with Gasteiger partial charge in [0.15, 0.2) is 0 Å². The molecule has 0 bridgehead atoms. The summed E-state index contributed by atoms with van der Waals surface area (Å²) in [6.07, 6.45) is 2.36. The van der Waals surface area contributed by atoms with Crippen LogP contribution in [0.5, 0.6) is 0 Å². The average molecular weight is 344 g/mol. The van der Waals surface area contributed by atoms with Crippen molar-refractivity contribution in [1.29, 1.82) is 0 Å². The van der Waals surface area contributed by atoms with Gasteiger partial charge in [-0.1, -0.05) is 31.3 Å². The van der Waals surface area contributed by atoms with E-state index in [0.29, 0.717) is 25.3 Å². The topological polar surface area (TPSA) is 55.6 Å². The van der Waals surface area contributed by atoms with Crippen LogP contribution in [0.1, 0.15) is 38.3 Å². The molecule has 0 unspecified atom stereocenters. The van der Waals surface area contributed by atoms with Gasteiger partial charge in [-0.3, -0.25) is 0 Å². The van der Waals surface area contributed by atoms with Crippen LogP contribution in [0.25, 0.3) is 0 Å². The molecule has 0 saturated carbocycles. The van der Waals surface area contributed by atoms with Crippen molar-refractivity contribution >= 4 is 6.09 Å². The molecule has 0 radical (unpaired) electrons. The normalized spacial score (nSPS) is 17.8. The second kappa shape index (κ2) is 8.17. The molecule has 1 aliphatic heterocycles. The van der Waals surface area contributed by atoms with Gasteiger partial charge >= 0.3 is 6.09 Å². The third kappa shape index (κ3) is 5.07. The Balaban J connectivity index is 2.12. The van der Waals surface area contributed by atoms with E-state index in [1.807, 2.05) is 6.08 Å². The third-order valence-corrected chi connectivity index (χ3v) is 4.29. The lowest BCUT2D eigenvalue weighted by Crippen LogP contribution is -2.45. The molecule has 0 aromatic heterocycles. The Morgan fingerprint density at radius 3 is 2.84 bits per heavy atom. The molecule has 1 aromatic rings. The fourth-order valence-corrected chi connectivity index (χ4v) is 2.94. The average Bonchev–Trinajstić information content (AvgIpc) is 2.55. The molecular weight excluding hydrogens is 319 g/mol. The van der Waals surface area contributed by atoms with Crippen LogP contribution in [0.15, 0.2) is 29.8 Å². The highest BCUT2D eigenvalue weighted by Crippen LogP contribution is 2.34. The van der Waals surface area contributed by atoms with Crippen molar-refractivity contribution in [3.63, 3.8) is 0 Å². The molecule has 1 heterocycles. The van der Waals surface area contributed by atoms with Crippen LogP contribution in [0.4, 0.5) is 9.18 Å². The van der Waals surface area contributed by atoms with Gasteiger partial charge in [-0.2, -0.15) is 0 Å². The van der Waals surface area contributed by atoms with Gasteiger partial charge in [0.2, 0.25) is 0 Å². The summed E-state index contributed by atoms with van der Waals surface area (Å²) in [4.78, 5) is 13.6. The molecule has 1 fully saturated rings. The van der Waals surface area contributed by atoms with Gasteiger partial charge in [-0.25, -0.2) is 9.18 Å². The van der Waals surface area contributed by atoms with E-state index >= 15 is 0 Å². The van der Waals surface area contributed by atoms with Gasteiger partial charge in [0, 0.05) is 30.6 Å². The minimum atomic E-state index is -0.331. The number of hydrogen-bond acceptors (Lipinski definition) is 3. The van der Waals surface area contributed by atoms with E-state index in [1.165, 1.54) is 17.7 Å². The molecule has 1 aliphatic rings. The van der Waals surface area contributed by atoms with E-state index in [1.54, 1.807) is 17.9 Å². The van der Waals surface area contributed by atoms with Crippen molar-refractivity contribution < 1.29 is 13.9 Å². The molecule has 25 heavy (non-hydrogen) atoms. The highest BCUT2D eigenvalue weighted by Gasteiger charge is 2.33. The SMILES string of the molecule is CCOC(=O)N1CC/C(=C\C#Cc2cc(F)cc(CN)c2)C(C)(C)C1. The molecule has 0 atom stereocenters. The number of rotatable bonds is 2. The summed E-state index contributed by atoms with van der Waals surface area (Å²) in [6, 6.07) is 4.61. The van der Waals surface area contributed by atoms with E-state index in [-0.39, 0.29) is 23.9 Å². The number of benzene rings is 1. The van der Waals surface area contributed by atoms with Crippen molar-refractivity contribution in [2.45, 2.75) is 33.7 Å². The molecule has 1 saturated heterocycles. The van der Waals surface area contributed by atoms with Crippen molar-refractivity contribution in [1.82, 2.24) is 4.90 Å². The smallest absolute Gasteiger partial charge is 0.409 e. The molecule has 0 spiro atoms. The number of carbonyl (C=O) groups excluding carboxylic acids is 1. The monoisotopic (exact) mass is 344 g/mol. The molecule has 134 valence electrons. The molecule has 0 aliphatic carbocycles. The van der Waals surface area contributed by atoms with Crippen LogP contribution in [0, 0.1) is 23.1 Å². The lowest BCUT2D eigenvalue weighted by Gasteiger charge is -2.39. The minimum Gasteiger partial charge on any atom is -0.450 e. The highest BCUT2D eigenvalue weighted by molar-refractivity contribution is 5.68. The number of allylic oxidation sites excluding steroid dienone is 1. The summed E-state index contributed by atoms with van der Waals surface area (Å²) < 4.78 is 18.6. The van der Waals surface area contributed by atoms with Gasteiger partial charge in [-0.05, 0) is 43.2 Å². The van der Waals surface area contributed by atoms with Crippen LogP contribution >= 0.6 is 0 Å². The van der Waals surface area contributed by atoms with Gasteiger partial charge in [-0.15, -0.1) is 0 Å². The maximum Gasteiger partial charge on any atom is 0.409 e. The standard InChI is InChI=1S/C20H25FN2O2/c1-4-25-19(24)23-9-8-17(20(2,3)14-23)7-5-6-15-10-16(13-22)12-18(21)11-15/h7,10-12H,4,8-9,13-14,22H2,1-3H3/b17-7+. The zero-order valence-electron chi connectivity index (χ0n) is 15.1. The van der Waals surface area contributed by atoms with Crippen molar-refractivity contribution in [2.24, 2.45) is 11.1 Å². The third-order valence-electron chi connectivity index (χ3n) is 4.29. The predicted octanol–water partition coefficient (Wildman–Crippen LogP) is 3.45. The Bertz CT molecular complexity index is 729. The fraction of sp³-hybridized carbons (Fsp3) is 0.450. The van der Waals surface area contributed by atoms with Crippen LogP contribution in [-0.2, 0) is 11.3 Å².